The van der Waals surface area contributed by atoms with Gasteiger partial charge in [-0.05, 0) is 35.2 Å². The number of rotatable bonds is 2. The maximum absolute atomic E-state index is 11.8. The SMILES string of the molecule is COC(=O)c1ccc2c(n1)nc(-c1ccc(C(C)(C)C)cc1)c1cccn12. The summed E-state index contributed by atoms with van der Waals surface area (Å²) in [5, 5.41) is 0. The lowest BCUT2D eigenvalue weighted by atomic mass is 9.86. The molecule has 0 saturated heterocycles. The predicted octanol–water partition coefficient (Wildman–Crippen LogP) is 4.63. The van der Waals surface area contributed by atoms with Gasteiger partial charge in [-0.1, -0.05) is 45.0 Å². The molecule has 0 spiro atoms. The highest BCUT2D eigenvalue weighted by atomic mass is 16.5. The largest absolute Gasteiger partial charge is 0.464 e. The van der Waals surface area contributed by atoms with Crippen LogP contribution in [0.5, 0.6) is 0 Å². The van der Waals surface area contributed by atoms with Crippen molar-refractivity contribution >= 4 is 22.6 Å². The molecule has 0 radical (unpaired) electrons. The van der Waals surface area contributed by atoms with Crippen LogP contribution in [0.3, 0.4) is 0 Å². The van der Waals surface area contributed by atoms with Crippen LogP contribution < -0.4 is 0 Å². The molecule has 0 amide bonds. The molecule has 3 aromatic heterocycles. The van der Waals surface area contributed by atoms with Crippen molar-refractivity contribution in [2.45, 2.75) is 26.2 Å². The molecular formula is C22H21N3O2. The van der Waals surface area contributed by atoms with E-state index in [1.807, 2.05) is 28.8 Å². The van der Waals surface area contributed by atoms with Crippen molar-refractivity contribution in [3.8, 4) is 11.3 Å². The Balaban J connectivity index is 1.93. The van der Waals surface area contributed by atoms with Crippen LogP contribution in [0.15, 0.2) is 54.7 Å². The van der Waals surface area contributed by atoms with E-state index >= 15 is 0 Å². The smallest absolute Gasteiger partial charge is 0.356 e. The van der Waals surface area contributed by atoms with Gasteiger partial charge in [0, 0.05) is 11.8 Å². The Morgan fingerprint density at radius 2 is 1.70 bits per heavy atom. The summed E-state index contributed by atoms with van der Waals surface area (Å²) in [5.41, 5.74) is 5.81. The van der Waals surface area contributed by atoms with Crippen molar-refractivity contribution in [2.75, 3.05) is 7.11 Å². The van der Waals surface area contributed by atoms with Crippen molar-refractivity contribution in [1.29, 1.82) is 0 Å². The highest BCUT2D eigenvalue weighted by Gasteiger charge is 2.16. The number of nitrogens with zero attached hydrogens (tertiary/aromatic N) is 3. The summed E-state index contributed by atoms with van der Waals surface area (Å²) in [7, 11) is 1.35. The van der Waals surface area contributed by atoms with Gasteiger partial charge in [0.15, 0.2) is 11.3 Å². The first-order chi connectivity index (χ1) is 12.9. The molecule has 0 bridgehead atoms. The number of carbonyl (C=O) groups excluding carboxylic acids is 1. The van der Waals surface area contributed by atoms with Gasteiger partial charge in [0.25, 0.3) is 0 Å². The van der Waals surface area contributed by atoms with Gasteiger partial charge in [0.2, 0.25) is 0 Å². The third-order valence-electron chi connectivity index (χ3n) is 4.74. The zero-order chi connectivity index (χ0) is 19.2. The number of hydrogen-bond acceptors (Lipinski definition) is 4. The van der Waals surface area contributed by atoms with Crippen LogP contribution in [0.25, 0.3) is 27.9 Å². The normalized spacial score (nSPS) is 11.9. The van der Waals surface area contributed by atoms with E-state index in [1.54, 1.807) is 6.07 Å². The van der Waals surface area contributed by atoms with E-state index in [0.29, 0.717) is 5.65 Å². The number of esters is 1. The van der Waals surface area contributed by atoms with Crippen molar-refractivity contribution in [3.05, 3.63) is 66.0 Å². The van der Waals surface area contributed by atoms with Gasteiger partial charge in [0.1, 0.15) is 0 Å². The summed E-state index contributed by atoms with van der Waals surface area (Å²) < 4.78 is 6.83. The molecule has 5 heteroatoms. The monoisotopic (exact) mass is 359 g/mol. The summed E-state index contributed by atoms with van der Waals surface area (Å²) in [6.07, 6.45) is 1.98. The number of pyridine rings is 1. The highest BCUT2D eigenvalue weighted by Crippen LogP contribution is 2.29. The predicted molar refractivity (Wildman–Crippen MR) is 106 cm³/mol. The molecule has 0 aliphatic rings. The molecule has 0 N–H and O–H groups in total. The van der Waals surface area contributed by atoms with Gasteiger partial charge in [-0.15, -0.1) is 0 Å². The minimum atomic E-state index is -0.470. The number of carbonyl (C=O) groups is 1. The fraction of sp³-hybridized carbons (Fsp3) is 0.227. The van der Waals surface area contributed by atoms with E-state index in [9.17, 15) is 4.79 Å². The Morgan fingerprint density at radius 1 is 0.963 bits per heavy atom. The molecule has 0 unspecified atom stereocenters. The number of methoxy groups -OCH3 is 1. The summed E-state index contributed by atoms with van der Waals surface area (Å²) in [6.45, 7) is 6.58. The third-order valence-corrected chi connectivity index (χ3v) is 4.74. The first kappa shape index (κ1) is 17.2. The standard InChI is InChI=1S/C22H21N3O2/c1-22(2,3)15-9-7-14(8-10-15)19-17-6-5-13-25(17)18-12-11-16(21(26)27-4)23-20(18)24-19/h5-13H,1-4H3. The van der Waals surface area contributed by atoms with E-state index in [0.717, 1.165) is 22.3 Å². The average molecular weight is 359 g/mol. The molecule has 136 valence electrons. The molecule has 4 aromatic rings. The van der Waals surface area contributed by atoms with Gasteiger partial charge < -0.3 is 9.14 Å². The van der Waals surface area contributed by atoms with Gasteiger partial charge in [-0.3, -0.25) is 0 Å². The van der Waals surface area contributed by atoms with Crippen LogP contribution in [0.4, 0.5) is 0 Å². The zero-order valence-corrected chi connectivity index (χ0v) is 15.9. The molecule has 1 aromatic carbocycles. The van der Waals surface area contributed by atoms with E-state index in [1.165, 1.54) is 12.7 Å². The summed E-state index contributed by atoms with van der Waals surface area (Å²) in [6, 6.07) is 16.0. The van der Waals surface area contributed by atoms with Gasteiger partial charge in [-0.2, -0.15) is 0 Å². The Labute approximate surface area is 157 Å². The first-order valence-corrected chi connectivity index (χ1v) is 8.85. The molecule has 0 saturated carbocycles. The Bertz CT molecular complexity index is 1150. The van der Waals surface area contributed by atoms with Gasteiger partial charge in [0.05, 0.1) is 23.8 Å². The number of hydrogen-bond donors (Lipinski definition) is 0. The highest BCUT2D eigenvalue weighted by molar-refractivity contribution is 5.91. The number of ether oxygens (including phenoxy) is 1. The lowest BCUT2D eigenvalue weighted by molar-refractivity contribution is 0.0594. The summed E-state index contributed by atoms with van der Waals surface area (Å²) in [4.78, 5) is 21.0. The molecule has 27 heavy (non-hydrogen) atoms. The van der Waals surface area contributed by atoms with E-state index in [2.05, 4.69) is 50.0 Å². The topological polar surface area (TPSA) is 56.5 Å². The summed E-state index contributed by atoms with van der Waals surface area (Å²) in [5.74, 6) is -0.470. The second-order valence-corrected chi connectivity index (χ2v) is 7.58. The van der Waals surface area contributed by atoms with Gasteiger partial charge >= 0.3 is 5.97 Å². The van der Waals surface area contributed by atoms with Crippen LogP contribution >= 0.6 is 0 Å². The molecule has 0 atom stereocenters. The molecule has 0 aliphatic carbocycles. The number of benzene rings is 1. The molecule has 3 heterocycles. The third kappa shape index (κ3) is 2.95. The minimum absolute atomic E-state index is 0.0939. The fourth-order valence-electron chi connectivity index (χ4n) is 3.22. The van der Waals surface area contributed by atoms with Crippen LogP contribution in [0.2, 0.25) is 0 Å². The number of fused-ring (bicyclic) bond motifs is 3. The van der Waals surface area contributed by atoms with Crippen molar-refractivity contribution < 1.29 is 9.53 Å². The lowest BCUT2D eigenvalue weighted by Crippen LogP contribution is -2.10. The molecular weight excluding hydrogens is 338 g/mol. The molecule has 0 aliphatic heterocycles. The molecule has 0 fully saturated rings. The van der Waals surface area contributed by atoms with E-state index < -0.39 is 5.97 Å². The van der Waals surface area contributed by atoms with Crippen molar-refractivity contribution in [2.24, 2.45) is 0 Å². The van der Waals surface area contributed by atoms with Gasteiger partial charge in [-0.25, -0.2) is 14.8 Å². The lowest BCUT2D eigenvalue weighted by Gasteiger charge is -2.19. The van der Waals surface area contributed by atoms with Crippen LogP contribution in [-0.4, -0.2) is 27.4 Å². The first-order valence-electron chi connectivity index (χ1n) is 8.85. The molecule has 5 nitrogen and oxygen atoms in total. The van der Waals surface area contributed by atoms with Crippen LogP contribution in [0.1, 0.15) is 36.8 Å². The zero-order valence-electron chi connectivity index (χ0n) is 15.9. The van der Waals surface area contributed by atoms with Crippen LogP contribution in [-0.2, 0) is 10.2 Å². The minimum Gasteiger partial charge on any atom is -0.464 e. The maximum atomic E-state index is 11.8. The second-order valence-electron chi connectivity index (χ2n) is 7.58. The Morgan fingerprint density at radius 3 is 2.37 bits per heavy atom. The van der Waals surface area contributed by atoms with E-state index in [4.69, 9.17) is 9.72 Å². The van der Waals surface area contributed by atoms with Crippen LogP contribution in [0, 0.1) is 0 Å². The fourth-order valence-corrected chi connectivity index (χ4v) is 3.22. The quantitative estimate of drug-likeness (QED) is 0.490. The Kier molecular flexibility index (Phi) is 3.95. The number of aromatic nitrogens is 3. The average Bonchev–Trinajstić information content (AvgIpc) is 3.15. The summed E-state index contributed by atoms with van der Waals surface area (Å²) >= 11 is 0. The molecule has 4 rings (SSSR count). The second kappa shape index (κ2) is 6.20. The van der Waals surface area contributed by atoms with E-state index in [-0.39, 0.29) is 11.1 Å². The van der Waals surface area contributed by atoms with Crippen molar-refractivity contribution in [3.63, 3.8) is 0 Å². The Hall–Kier alpha value is -3.21. The van der Waals surface area contributed by atoms with Crippen molar-refractivity contribution in [1.82, 2.24) is 14.4 Å². The maximum Gasteiger partial charge on any atom is 0.356 e.